The summed E-state index contributed by atoms with van der Waals surface area (Å²) in [6, 6.07) is 3.91. The zero-order valence-electron chi connectivity index (χ0n) is 18.5. The number of carbonyl (C=O) groups excluding carboxylic acids is 2. The smallest absolute Gasteiger partial charge is 0.324 e. The van der Waals surface area contributed by atoms with E-state index in [2.05, 4.69) is 24.5 Å². The molecular weight excluding hydrogens is 421 g/mol. The van der Waals surface area contributed by atoms with Crippen LogP contribution in [-0.4, -0.2) is 53.1 Å². The molecule has 1 aromatic carbocycles. The van der Waals surface area contributed by atoms with Crippen molar-refractivity contribution in [2.45, 2.75) is 63.8 Å². The molecule has 2 N–H and O–H groups in total. The molecule has 9 heteroatoms. The Kier molecular flexibility index (Phi) is 6.13. The Balaban J connectivity index is 1.39. The summed E-state index contributed by atoms with van der Waals surface area (Å²) in [5.74, 6) is 0.993. The SMILES string of the molecule is CCC(C)C1NC2(CCN(C(=O)Nc3ccc(C(F)(F)F)cc3)CC2)N(CC2CC2)C1=O. The number of nitrogens with one attached hydrogen (secondary N) is 2. The highest BCUT2D eigenvalue weighted by Crippen LogP contribution is 2.39. The number of urea groups is 1. The zero-order chi connectivity index (χ0) is 23.1. The molecule has 2 heterocycles. The van der Waals surface area contributed by atoms with E-state index in [1.807, 2.05) is 4.90 Å². The number of nitrogens with zero attached hydrogens (tertiary/aromatic N) is 2. The maximum Gasteiger partial charge on any atom is 0.416 e. The number of benzene rings is 1. The lowest BCUT2D eigenvalue weighted by Crippen LogP contribution is -2.60. The zero-order valence-corrected chi connectivity index (χ0v) is 18.5. The summed E-state index contributed by atoms with van der Waals surface area (Å²) in [7, 11) is 0. The number of rotatable bonds is 5. The molecule has 1 saturated carbocycles. The van der Waals surface area contributed by atoms with E-state index in [1.54, 1.807) is 4.90 Å². The van der Waals surface area contributed by atoms with Crippen LogP contribution < -0.4 is 10.6 Å². The molecule has 3 fully saturated rings. The molecule has 3 aliphatic rings. The van der Waals surface area contributed by atoms with Gasteiger partial charge in [0.1, 0.15) is 0 Å². The van der Waals surface area contributed by atoms with Crippen LogP contribution in [0.4, 0.5) is 23.7 Å². The third-order valence-electron chi connectivity index (χ3n) is 7.16. The third kappa shape index (κ3) is 4.58. The van der Waals surface area contributed by atoms with Crippen LogP contribution in [0, 0.1) is 11.8 Å². The number of carbonyl (C=O) groups is 2. The molecule has 1 aromatic rings. The summed E-state index contributed by atoms with van der Waals surface area (Å²) in [4.78, 5) is 29.6. The number of anilines is 1. The minimum atomic E-state index is -4.41. The van der Waals surface area contributed by atoms with Gasteiger partial charge in [0, 0.05) is 38.2 Å². The molecule has 2 atom stereocenters. The highest BCUT2D eigenvalue weighted by atomic mass is 19.4. The predicted molar refractivity (Wildman–Crippen MR) is 115 cm³/mol. The summed E-state index contributed by atoms with van der Waals surface area (Å²) in [6.07, 6.45) is 0.107. The number of amides is 3. The lowest BCUT2D eigenvalue weighted by atomic mass is 9.95. The Morgan fingerprint density at radius 3 is 2.38 bits per heavy atom. The van der Waals surface area contributed by atoms with Crippen molar-refractivity contribution in [1.29, 1.82) is 0 Å². The van der Waals surface area contributed by atoms with Crippen LogP contribution in [-0.2, 0) is 11.0 Å². The van der Waals surface area contributed by atoms with Crippen molar-refractivity contribution >= 4 is 17.6 Å². The van der Waals surface area contributed by atoms with Gasteiger partial charge in [-0.1, -0.05) is 20.3 Å². The standard InChI is InChI=1S/C23H31F3N4O2/c1-3-15(2)19-20(31)30(14-16-4-5-16)22(28-19)10-12-29(13-11-22)21(32)27-18-8-6-17(7-9-18)23(24,25)26/h6-9,15-16,19,28H,3-5,10-14H2,1-2H3,(H,27,32). The van der Waals surface area contributed by atoms with E-state index in [0.29, 0.717) is 37.5 Å². The van der Waals surface area contributed by atoms with Crippen molar-refractivity contribution < 1.29 is 22.8 Å². The fourth-order valence-corrected chi connectivity index (χ4v) is 4.69. The maximum atomic E-state index is 13.2. The van der Waals surface area contributed by atoms with E-state index in [9.17, 15) is 22.8 Å². The van der Waals surface area contributed by atoms with Gasteiger partial charge >= 0.3 is 12.2 Å². The molecule has 0 bridgehead atoms. The Labute approximate surface area is 186 Å². The second-order valence-corrected chi connectivity index (χ2v) is 9.42. The van der Waals surface area contributed by atoms with Crippen LogP contribution in [0.5, 0.6) is 0 Å². The molecule has 1 aliphatic carbocycles. The Morgan fingerprint density at radius 2 is 1.84 bits per heavy atom. The van der Waals surface area contributed by atoms with Gasteiger partial charge in [-0.3, -0.25) is 10.1 Å². The van der Waals surface area contributed by atoms with Crippen LogP contribution in [0.2, 0.25) is 0 Å². The topological polar surface area (TPSA) is 64.7 Å². The third-order valence-corrected chi connectivity index (χ3v) is 7.16. The van der Waals surface area contributed by atoms with E-state index < -0.39 is 17.4 Å². The van der Waals surface area contributed by atoms with Gasteiger partial charge in [-0.05, 0) is 48.9 Å². The first-order valence-electron chi connectivity index (χ1n) is 11.5. The van der Waals surface area contributed by atoms with Crippen molar-refractivity contribution in [1.82, 2.24) is 15.1 Å². The van der Waals surface area contributed by atoms with Gasteiger partial charge in [-0.15, -0.1) is 0 Å². The predicted octanol–water partition coefficient (Wildman–Crippen LogP) is 4.29. The van der Waals surface area contributed by atoms with Crippen molar-refractivity contribution in [3.8, 4) is 0 Å². The average Bonchev–Trinajstić information content (AvgIpc) is 3.55. The number of alkyl halides is 3. The highest BCUT2D eigenvalue weighted by molar-refractivity contribution is 5.89. The van der Waals surface area contributed by atoms with Gasteiger partial charge in [-0.2, -0.15) is 13.2 Å². The fraction of sp³-hybridized carbons (Fsp3) is 0.652. The Bertz CT molecular complexity index is 846. The molecule has 4 rings (SSSR count). The molecule has 176 valence electrons. The normalized spacial score (nSPS) is 24.2. The van der Waals surface area contributed by atoms with Crippen LogP contribution in [0.3, 0.4) is 0 Å². The van der Waals surface area contributed by atoms with E-state index in [1.165, 1.54) is 12.1 Å². The molecule has 0 radical (unpaired) electrons. The number of hydrogen-bond donors (Lipinski definition) is 2. The van der Waals surface area contributed by atoms with Gasteiger partial charge in [0.15, 0.2) is 0 Å². The van der Waals surface area contributed by atoms with E-state index in [0.717, 1.165) is 37.9 Å². The van der Waals surface area contributed by atoms with Gasteiger partial charge in [-0.25, -0.2) is 4.79 Å². The molecule has 0 aromatic heterocycles. The first kappa shape index (κ1) is 22.9. The summed E-state index contributed by atoms with van der Waals surface area (Å²) in [5.41, 5.74) is -0.845. The van der Waals surface area contributed by atoms with Crippen molar-refractivity contribution in [2.24, 2.45) is 11.8 Å². The van der Waals surface area contributed by atoms with Crippen molar-refractivity contribution in [3.05, 3.63) is 29.8 Å². The summed E-state index contributed by atoms with van der Waals surface area (Å²) in [6.45, 7) is 5.90. The molecule has 2 unspecified atom stereocenters. The Morgan fingerprint density at radius 1 is 1.22 bits per heavy atom. The molecule has 32 heavy (non-hydrogen) atoms. The molecule has 6 nitrogen and oxygen atoms in total. The summed E-state index contributed by atoms with van der Waals surface area (Å²) < 4.78 is 38.2. The number of piperidine rings is 1. The van der Waals surface area contributed by atoms with Crippen LogP contribution >= 0.6 is 0 Å². The van der Waals surface area contributed by atoms with Crippen LogP contribution in [0.15, 0.2) is 24.3 Å². The van der Waals surface area contributed by atoms with Crippen LogP contribution in [0.1, 0.15) is 51.5 Å². The molecule has 2 aliphatic heterocycles. The van der Waals surface area contributed by atoms with Gasteiger partial charge in [0.05, 0.1) is 17.3 Å². The lowest BCUT2D eigenvalue weighted by Gasteiger charge is -2.44. The quantitative estimate of drug-likeness (QED) is 0.701. The minimum Gasteiger partial charge on any atom is -0.324 e. The summed E-state index contributed by atoms with van der Waals surface area (Å²) in [5, 5.41) is 6.32. The molecule has 3 amide bonds. The van der Waals surface area contributed by atoms with Crippen molar-refractivity contribution in [3.63, 3.8) is 0 Å². The number of hydrogen-bond acceptors (Lipinski definition) is 3. The minimum absolute atomic E-state index is 0.175. The molecule has 2 saturated heterocycles. The van der Waals surface area contributed by atoms with Gasteiger partial charge in [0.2, 0.25) is 5.91 Å². The van der Waals surface area contributed by atoms with Gasteiger partial charge < -0.3 is 15.1 Å². The number of likely N-dealkylation sites (tertiary alicyclic amines) is 1. The van der Waals surface area contributed by atoms with E-state index >= 15 is 0 Å². The summed E-state index contributed by atoms with van der Waals surface area (Å²) >= 11 is 0. The second kappa shape index (κ2) is 8.57. The molecular formula is C23H31F3N4O2. The Hall–Kier alpha value is -2.29. The molecule has 1 spiro atoms. The maximum absolute atomic E-state index is 13.2. The average molecular weight is 453 g/mol. The van der Waals surface area contributed by atoms with Crippen LogP contribution in [0.25, 0.3) is 0 Å². The monoisotopic (exact) mass is 452 g/mol. The number of halogens is 3. The van der Waals surface area contributed by atoms with E-state index in [4.69, 9.17) is 0 Å². The van der Waals surface area contributed by atoms with E-state index in [-0.39, 0.29) is 23.9 Å². The highest BCUT2D eigenvalue weighted by Gasteiger charge is 2.53. The first-order chi connectivity index (χ1) is 15.1. The first-order valence-corrected chi connectivity index (χ1v) is 11.5. The van der Waals surface area contributed by atoms with Crippen molar-refractivity contribution in [2.75, 3.05) is 25.0 Å². The van der Waals surface area contributed by atoms with Gasteiger partial charge in [0.25, 0.3) is 0 Å². The fourth-order valence-electron chi connectivity index (χ4n) is 4.69. The lowest BCUT2D eigenvalue weighted by molar-refractivity contribution is -0.137. The second-order valence-electron chi connectivity index (χ2n) is 9.42. The largest absolute Gasteiger partial charge is 0.416 e.